The summed E-state index contributed by atoms with van der Waals surface area (Å²) in [7, 11) is 0. The van der Waals surface area contributed by atoms with E-state index in [-0.39, 0.29) is 30.5 Å². The summed E-state index contributed by atoms with van der Waals surface area (Å²) in [5, 5.41) is 10.0. The molecule has 0 radical (unpaired) electrons. The van der Waals surface area contributed by atoms with Gasteiger partial charge in [0, 0.05) is 32.1 Å². The van der Waals surface area contributed by atoms with Crippen LogP contribution in [0.25, 0.3) is 0 Å². The summed E-state index contributed by atoms with van der Waals surface area (Å²) in [5.74, 6) is -3.72. The van der Waals surface area contributed by atoms with Gasteiger partial charge in [-0.05, 0) is 37.3 Å². The number of hydrogen-bond acceptors (Lipinski definition) is 5. The molecule has 0 spiro atoms. The summed E-state index contributed by atoms with van der Waals surface area (Å²) < 4.78 is 51.7. The Bertz CT molecular complexity index is 847. The number of carbonyl (C=O) groups excluding carboxylic acids is 2. The molecule has 3 fully saturated rings. The number of pyridine rings is 1. The largest absolute Gasteiger partial charge is 0.490 e. The number of carboxylic acid groups (broad SMARTS) is 1. The number of nitrogens with zero attached hydrogens (tertiary/aromatic N) is 2. The Labute approximate surface area is 180 Å². The van der Waals surface area contributed by atoms with E-state index in [9.17, 15) is 27.2 Å². The zero-order valence-electron chi connectivity index (χ0n) is 17.0. The van der Waals surface area contributed by atoms with Crippen LogP contribution in [0.15, 0.2) is 24.5 Å². The molecule has 3 atom stereocenters. The van der Waals surface area contributed by atoms with Gasteiger partial charge < -0.3 is 20.1 Å². The van der Waals surface area contributed by atoms with Crippen LogP contribution in [0.5, 0.6) is 0 Å². The maximum Gasteiger partial charge on any atom is 0.490 e. The lowest BCUT2D eigenvalue weighted by Gasteiger charge is -2.40. The van der Waals surface area contributed by atoms with Gasteiger partial charge in [0.25, 0.3) is 5.91 Å². The fraction of sp³-hybridized carbons (Fsp3) is 0.600. The van der Waals surface area contributed by atoms with Crippen LogP contribution in [-0.4, -0.2) is 69.9 Å². The summed E-state index contributed by atoms with van der Waals surface area (Å²) in [6.07, 6.45) is -0.000172. The number of fused-ring (bicyclic) bond motifs is 1. The van der Waals surface area contributed by atoms with Crippen molar-refractivity contribution in [2.75, 3.05) is 13.2 Å². The number of carboxylic acids is 1. The Balaban J connectivity index is 0.000000360. The summed E-state index contributed by atoms with van der Waals surface area (Å²) in [6, 6.07) is 3.61. The van der Waals surface area contributed by atoms with E-state index >= 15 is 0 Å². The third-order valence-corrected chi connectivity index (χ3v) is 5.64. The standard InChI is InChI=1S/C18H22FN3O3.C2HF3O2/c19-18(4-5-18)17(24)22-11-13(8-15-14(22)3-7-25-15)16(23)21-10-12-2-1-6-20-9-12;3-2(4,5)1(6)7/h1-2,6,9,13-15H,3-5,7-8,10-11H2,(H,21,23);(H,6,7)/t13-,14-,15-;/m1./s1. The maximum atomic E-state index is 14.3. The molecule has 2 amide bonds. The van der Waals surface area contributed by atoms with Gasteiger partial charge in [0.05, 0.1) is 18.1 Å². The minimum Gasteiger partial charge on any atom is -0.475 e. The first kappa shape index (κ1) is 23.9. The van der Waals surface area contributed by atoms with Crippen molar-refractivity contribution in [3.8, 4) is 0 Å². The number of piperidine rings is 1. The number of amides is 2. The molecule has 0 unspecified atom stereocenters. The fourth-order valence-corrected chi connectivity index (χ4v) is 3.79. The Kier molecular flexibility index (Phi) is 7.01. The smallest absolute Gasteiger partial charge is 0.475 e. The second-order valence-electron chi connectivity index (χ2n) is 8.00. The Morgan fingerprint density at radius 3 is 2.56 bits per heavy atom. The first-order valence-electron chi connectivity index (χ1n) is 10.1. The molecule has 1 aliphatic carbocycles. The number of carbonyl (C=O) groups is 3. The quantitative estimate of drug-likeness (QED) is 0.663. The van der Waals surface area contributed by atoms with Crippen molar-refractivity contribution in [2.24, 2.45) is 5.92 Å². The second kappa shape index (κ2) is 9.39. The van der Waals surface area contributed by atoms with Crippen LogP contribution in [0.3, 0.4) is 0 Å². The Morgan fingerprint density at radius 1 is 1.31 bits per heavy atom. The molecule has 176 valence electrons. The van der Waals surface area contributed by atoms with Crippen LogP contribution in [0.2, 0.25) is 0 Å². The molecule has 1 aromatic heterocycles. The minimum absolute atomic E-state index is 0.0944. The molecule has 0 bridgehead atoms. The summed E-state index contributed by atoms with van der Waals surface area (Å²) >= 11 is 0. The van der Waals surface area contributed by atoms with Gasteiger partial charge in [-0.1, -0.05) is 6.07 Å². The molecule has 2 N–H and O–H groups in total. The lowest BCUT2D eigenvalue weighted by Crippen LogP contribution is -2.57. The molecular formula is C20H23F4N3O5. The topological polar surface area (TPSA) is 109 Å². The van der Waals surface area contributed by atoms with E-state index in [1.165, 1.54) is 0 Å². The second-order valence-corrected chi connectivity index (χ2v) is 8.00. The number of ether oxygens (including phenoxy) is 1. The predicted molar refractivity (Wildman–Crippen MR) is 101 cm³/mol. The molecular weight excluding hydrogens is 438 g/mol. The van der Waals surface area contributed by atoms with Gasteiger partial charge in [0.15, 0.2) is 5.67 Å². The zero-order valence-corrected chi connectivity index (χ0v) is 17.0. The maximum absolute atomic E-state index is 14.3. The summed E-state index contributed by atoms with van der Waals surface area (Å²) in [5.41, 5.74) is -0.795. The third-order valence-electron chi connectivity index (χ3n) is 5.64. The number of alkyl halides is 4. The van der Waals surface area contributed by atoms with E-state index in [1.54, 1.807) is 17.3 Å². The average Bonchev–Trinajstić information content (AvgIpc) is 3.32. The highest BCUT2D eigenvalue weighted by atomic mass is 19.4. The van der Waals surface area contributed by atoms with Crippen molar-refractivity contribution in [3.05, 3.63) is 30.1 Å². The fourth-order valence-electron chi connectivity index (χ4n) is 3.79. The lowest BCUT2D eigenvalue weighted by atomic mass is 9.89. The van der Waals surface area contributed by atoms with E-state index in [1.807, 2.05) is 12.1 Å². The molecule has 2 saturated heterocycles. The SMILES string of the molecule is O=C(NCc1cccnc1)[C@@H]1C[C@H]2OCC[C@H]2N(C(=O)C2(F)CC2)C1.O=C(O)C(F)(F)F. The molecule has 0 aromatic carbocycles. The first-order chi connectivity index (χ1) is 15.0. The van der Waals surface area contributed by atoms with E-state index in [0.29, 0.717) is 32.4 Å². The number of rotatable bonds is 4. The monoisotopic (exact) mass is 461 g/mol. The van der Waals surface area contributed by atoms with Gasteiger partial charge in [0.2, 0.25) is 5.91 Å². The van der Waals surface area contributed by atoms with Crippen molar-refractivity contribution in [1.82, 2.24) is 15.2 Å². The van der Waals surface area contributed by atoms with E-state index < -0.39 is 23.7 Å². The molecule has 32 heavy (non-hydrogen) atoms. The van der Waals surface area contributed by atoms with Crippen LogP contribution < -0.4 is 5.32 Å². The highest BCUT2D eigenvalue weighted by molar-refractivity contribution is 5.89. The number of halogens is 4. The van der Waals surface area contributed by atoms with E-state index in [0.717, 1.165) is 12.0 Å². The third kappa shape index (κ3) is 5.72. The molecule has 12 heteroatoms. The predicted octanol–water partition coefficient (Wildman–Crippen LogP) is 1.84. The minimum atomic E-state index is -5.08. The van der Waals surface area contributed by atoms with Crippen molar-refractivity contribution < 1.29 is 41.8 Å². The molecule has 8 nitrogen and oxygen atoms in total. The highest BCUT2D eigenvalue weighted by Crippen LogP contribution is 2.44. The van der Waals surface area contributed by atoms with E-state index in [2.05, 4.69) is 10.3 Å². The molecule has 2 aliphatic heterocycles. The lowest BCUT2D eigenvalue weighted by molar-refractivity contribution is -0.192. The van der Waals surface area contributed by atoms with Gasteiger partial charge in [-0.15, -0.1) is 0 Å². The normalized spacial score (nSPS) is 25.8. The molecule has 1 aromatic rings. The number of hydrogen-bond donors (Lipinski definition) is 2. The number of aromatic nitrogens is 1. The van der Waals surface area contributed by atoms with Gasteiger partial charge in [-0.2, -0.15) is 13.2 Å². The molecule has 3 aliphatic rings. The van der Waals surface area contributed by atoms with Crippen molar-refractivity contribution in [3.63, 3.8) is 0 Å². The number of aliphatic carboxylic acids is 1. The van der Waals surface area contributed by atoms with Crippen LogP contribution >= 0.6 is 0 Å². The van der Waals surface area contributed by atoms with Crippen LogP contribution in [0.4, 0.5) is 17.6 Å². The average molecular weight is 461 g/mol. The van der Waals surface area contributed by atoms with Gasteiger partial charge in [0.1, 0.15) is 0 Å². The first-order valence-corrected chi connectivity index (χ1v) is 10.1. The van der Waals surface area contributed by atoms with Crippen LogP contribution in [-0.2, 0) is 25.7 Å². The highest BCUT2D eigenvalue weighted by Gasteiger charge is 2.56. The van der Waals surface area contributed by atoms with Crippen LogP contribution in [0, 0.1) is 5.92 Å². The van der Waals surface area contributed by atoms with Crippen molar-refractivity contribution in [2.45, 2.75) is 56.2 Å². The van der Waals surface area contributed by atoms with Crippen molar-refractivity contribution in [1.29, 1.82) is 0 Å². The van der Waals surface area contributed by atoms with E-state index in [4.69, 9.17) is 14.6 Å². The zero-order chi connectivity index (χ0) is 23.5. The van der Waals surface area contributed by atoms with Gasteiger partial charge in [-0.3, -0.25) is 14.6 Å². The molecule has 4 rings (SSSR count). The number of nitrogens with one attached hydrogen (secondary N) is 1. The number of likely N-dealkylation sites (tertiary alicyclic amines) is 1. The Morgan fingerprint density at radius 2 is 2.00 bits per heavy atom. The summed E-state index contributed by atoms with van der Waals surface area (Å²) in [6.45, 7) is 1.22. The summed E-state index contributed by atoms with van der Waals surface area (Å²) in [4.78, 5) is 39.6. The van der Waals surface area contributed by atoms with Crippen molar-refractivity contribution >= 4 is 17.8 Å². The Hall–Kier alpha value is -2.76. The molecule has 3 heterocycles. The molecule has 1 saturated carbocycles. The van der Waals surface area contributed by atoms with Crippen LogP contribution in [0.1, 0.15) is 31.2 Å². The van der Waals surface area contributed by atoms with Gasteiger partial charge in [-0.25, -0.2) is 9.18 Å². The van der Waals surface area contributed by atoms with Gasteiger partial charge >= 0.3 is 12.1 Å².